The summed E-state index contributed by atoms with van der Waals surface area (Å²) >= 11 is 0. The van der Waals surface area contributed by atoms with Gasteiger partial charge in [0.1, 0.15) is 0 Å². The molecule has 0 aliphatic carbocycles. The summed E-state index contributed by atoms with van der Waals surface area (Å²) in [7, 11) is 8.14. The number of likely N-dealkylation sites (tertiary alicyclic amines) is 1. The van der Waals surface area contributed by atoms with Crippen LogP contribution in [0.4, 0.5) is 0 Å². The van der Waals surface area contributed by atoms with Crippen LogP contribution in [0.25, 0.3) is 0 Å². The summed E-state index contributed by atoms with van der Waals surface area (Å²) in [6, 6.07) is 0.533. The molecule has 1 unspecified atom stereocenters. The molecule has 1 saturated heterocycles. The van der Waals surface area contributed by atoms with Gasteiger partial charge in [0, 0.05) is 26.2 Å². The SMILES string of the molecule is CNCC(COC)N1CCC(CN(C)C)CC1. The number of methoxy groups -OCH3 is 1. The molecule has 17 heavy (non-hydrogen) atoms. The van der Waals surface area contributed by atoms with Crippen LogP contribution in [0.2, 0.25) is 0 Å². The Morgan fingerprint density at radius 3 is 2.47 bits per heavy atom. The molecule has 4 nitrogen and oxygen atoms in total. The summed E-state index contributed by atoms with van der Waals surface area (Å²) in [4.78, 5) is 4.88. The molecule has 102 valence electrons. The lowest BCUT2D eigenvalue weighted by Gasteiger charge is -2.38. The normalized spacial score (nSPS) is 21.0. The zero-order valence-corrected chi connectivity index (χ0v) is 11.9. The van der Waals surface area contributed by atoms with Gasteiger partial charge in [-0.15, -0.1) is 0 Å². The van der Waals surface area contributed by atoms with Gasteiger partial charge in [-0.2, -0.15) is 0 Å². The minimum Gasteiger partial charge on any atom is -0.383 e. The maximum absolute atomic E-state index is 5.31. The van der Waals surface area contributed by atoms with E-state index in [4.69, 9.17) is 4.74 Å². The maximum Gasteiger partial charge on any atom is 0.0630 e. The van der Waals surface area contributed by atoms with Gasteiger partial charge in [0.15, 0.2) is 0 Å². The number of ether oxygens (including phenoxy) is 1. The maximum atomic E-state index is 5.31. The lowest BCUT2D eigenvalue weighted by atomic mass is 9.95. The van der Waals surface area contributed by atoms with Crippen LogP contribution in [0, 0.1) is 5.92 Å². The average molecular weight is 243 g/mol. The molecule has 0 spiro atoms. The molecule has 1 heterocycles. The second-order valence-corrected chi connectivity index (χ2v) is 5.41. The fourth-order valence-corrected chi connectivity index (χ4v) is 2.74. The largest absolute Gasteiger partial charge is 0.383 e. The van der Waals surface area contributed by atoms with E-state index < -0.39 is 0 Å². The van der Waals surface area contributed by atoms with Crippen molar-refractivity contribution in [1.82, 2.24) is 15.1 Å². The van der Waals surface area contributed by atoms with Crippen LogP contribution in [0.3, 0.4) is 0 Å². The first-order chi connectivity index (χ1) is 8.17. The highest BCUT2D eigenvalue weighted by Crippen LogP contribution is 2.19. The summed E-state index contributed by atoms with van der Waals surface area (Å²) in [6.07, 6.45) is 2.64. The summed E-state index contributed by atoms with van der Waals surface area (Å²) in [5, 5.41) is 3.26. The lowest BCUT2D eigenvalue weighted by molar-refractivity contribution is 0.0614. The first kappa shape index (κ1) is 14.9. The molecule has 1 aliphatic rings. The van der Waals surface area contributed by atoms with E-state index in [0.717, 1.165) is 19.1 Å². The number of likely N-dealkylation sites (N-methyl/N-ethyl adjacent to an activating group) is 1. The molecule has 0 radical (unpaired) electrons. The Bertz CT molecular complexity index is 185. The van der Waals surface area contributed by atoms with Crippen LogP contribution in [0.1, 0.15) is 12.8 Å². The Labute approximate surface area is 106 Å². The molecule has 0 amide bonds. The van der Waals surface area contributed by atoms with Crippen LogP contribution in [-0.2, 0) is 4.74 Å². The van der Waals surface area contributed by atoms with E-state index in [2.05, 4.69) is 29.2 Å². The molecule has 0 aromatic carbocycles. The fraction of sp³-hybridized carbons (Fsp3) is 1.00. The highest BCUT2D eigenvalue weighted by Gasteiger charge is 2.24. The van der Waals surface area contributed by atoms with Crippen molar-refractivity contribution in [3.63, 3.8) is 0 Å². The third-order valence-corrected chi connectivity index (χ3v) is 3.59. The molecule has 1 fully saturated rings. The second-order valence-electron chi connectivity index (χ2n) is 5.41. The van der Waals surface area contributed by atoms with Crippen LogP contribution >= 0.6 is 0 Å². The number of nitrogens with zero attached hydrogens (tertiary/aromatic N) is 2. The van der Waals surface area contributed by atoms with Crippen molar-refractivity contribution in [2.75, 3.05) is 61.0 Å². The monoisotopic (exact) mass is 243 g/mol. The third-order valence-electron chi connectivity index (χ3n) is 3.59. The highest BCUT2D eigenvalue weighted by molar-refractivity contribution is 4.80. The predicted molar refractivity (Wildman–Crippen MR) is 72.4 cm³/mol. The molecule has 1 N–H and O–H groups in total. The topological polar surface area (TPSA) is 27.7 Å². The quantitative estimate of drug-likeness (QED) is 0.704. The van der Waals surface area contributed by atoms with E-state index >= 15 is 0 Å². The Hall–Kier alpha value is -0.160. The van der Waals surface area contributed by atoms with Crippen LogP contribution in [0.15, 0.2) is 0 Å². The Morgan fingerprint density at radius 1 is 1.35 bits per heavy atom. The van der Waals surface area contributed by atoms with E-state index in [1.165, 1.54) is 32.5 Å². The Kier molecular flexibility index (Phi) is 7.04. The number of hydrogen-bond donors (Lipinski definition) is 1. The zero-order chi connectivity index (χ0) is 12.7. The first-order valence-electron chi connectivity index (χ1n) is 6.69. The number of piperidine rings is 1. The lowest BCUT2D eigenvalue weighted by Crippen LogP contribution is -2.48. The standard InChI is InChI=1S/C13H29N3O/c1-14-9-13(11-17-4)16-7-5-12(6-8-16)10-15(2)3/h12-14H,5-11H2,1-4H3. The van der Waals surface area contributed by atoms with Crippen molar-refractivity contribution in [2.45, 2.75) is 18.9 Å². The van der Waals surface area contributed by atoms with Crippen molar-refractivity contribution in [2.24, 2.45) is 5.92 Å². The minimum atomic E-state index is 0.533. The molecular weight excluding hydrogens is 214 g/mol. The fourth-order valence-electron chi connectivity index (χ4n) is 2.74. The van der Waals surface area contributed by atoms with Gasteiger partial charge in [0.25, 0.3) is 0 Å². The average Bonchev–Trinajstić information content (AvgIpc) is 2.29. The van der Waals surface area contributed by atoms with Gasteiger partial charge in [0.2, 0.25) is 0 Å². The van der Waals surface area contributed by atoms with E-state index in [1.54, 1.807) is 7.11 Å². The number of hydrogen-bond acceptors (Lipinski definition) is 4. The summed E-state index contributed by atoms with van der Waals surface area (Å²) in [6.45, 7) is 5.52. The van der Waals surface area contributed by atoms with Crippen molar-refractivity contribution < 1.29 is 4.74 Å². The van der Waals surface area contributed by atoms with Crippen molar-refractivity contribution in [3.8, 4) is 0 Å². The van der Waals surface area contributed by atoms with Crippen molar-refractivity contribution >= 4 is 0 Å². The number of rotatable bonds is 7. The minimum absolute atomic E-state index is 0.533. The van der Waals surface area contributed by atoms with Gasteiger partial charge in [-0.25, -0.2) is 0 Å². The third kappa shape index (κ3) is 5.34. The van der Waals surface area contributed by atoms with Gasteiger partial charge in [-0.05, 0) is 53.0 Å². The Morgan fingerprint density at radius 2 is 2.00 bits per heavy atom. The predicted octanol–water partition coefficient (Wildman–Crippen LogP) is 0.494. The highest BCUT2D eigenvalue weighted by atomic mass is 16.5. The van der Waals surface area contributed by atoms with E-state index in [9.17, 15) is 0 Å². The molecule has 0 aromatic rings. The van der Waals surface area contributed by atoms with Crippen molar-refractivity contribution in [1.29, 1.82) is 0 Å². The van der Waals surface area contributed by atoms with Gasteiger partial charge < -0.3 is 15.0 Å². The van der Waals surface area contributed by atoms with Gasteiger partial charge >= 0.3 is 0 Å². The molecule has 1 aliphatic heterocycles. The van der Waals surface area contributed by atoms with E-state index in [0.29, 0.717) is 6.04 Å². The van der Waals surface area contributed by atoms with Crippen LogP contribution in [0.5, 0.6) is 0 Å². The smallest absolute Gasteiger partial charge is 0.0630 e. The number of nitrogens with one attached hydrogen (secondary N) is 1. The Balaban J connectivity index is 2.32. The molecule has 1 atom stereocenters. The molecule has 1 rings (SSSR count). The molecule has 4 heteroatoms. The summed E-state index contributed by atoms with van der Waals surface area (Å²) in [5.74, 6) is 0.874. The van der Waals surface area contributed by atoms with Crippen molar-refractivity contribution in [3.05, 3.63) is 0 Å². The first-order valence-corrected chi connectivity index (χ1v) is 6.69. The van der Waals surface area contributed by atoms with E-state index in [-0.39, 0.29) is 0 Å². The molecule has 0 saturated carbocycles. The zero-order valence-electron chi connectivity index (χ0n) is 11.9. The van der Waals surface area contributed by atoms with E-state index in [1.807, 2.05) is 7.05 Å². The van der Waals surface area contributed by atoms with Gasteiger partial charge in [0.05, 0.1) is 6.61 Å². The van der Waals surface area contributed by atoms with Crippen LogP contribution in [-0.4, -0.2) is 76.9 Å². The van der Waals surface area contributed by atoms with Gasteiger partial charge in [-0.3, -0.25) is 4.90 Å². The summed E-state index contributed by atoms with van der Waals surface area (Å²) < 4.78 is 5.31. The molecule has 0 aromatic heterocycles. The van der Waals surface area contributed by atoms with Crippen LogP contribution < -0.4 is 5.32 Å². The second kappa shape index (κ2) is 8.03. The molecular formula is C13H29N3O. The summed E-state index contributed by atoms with van der Waals surface area (Å²) in [5.41, 5.74) is 0. The molecule has 0 bridgehead atoms. The van der Waals surface area contributed by atoms with Gasteiger partial charge in [-0.1, -0.05) is 0 Å².